The van der Waals surface area contributed by atoms with Crippen molar-refractivity contribution in [2.24, 2.45) is 5.41 Å². The summed E-state index contributed by atoms with van der Waals surface area (Å²) in [5, 5.41) is 7.22. The highest BCUT2D eigenvalue weighted by molar-refractivity contribution is 7.99. The third-order valence-corrected chi connectivity index (χ3v) is 19.1. The number of hydrogen-bond donors (Lipinski definition) is 3. The Bertz CT molecular complexity index is 3050. The second kappa shape index (κ2) is 23.7. The normalized spacial score (nSPS) is 19.9. The van der Waals surface area contributed by atoms with Crippen LogP contribution in [0.5, 0.6) is 0 Å². The minimum absolute atomic E-state index is 0.00283. The number of anilines is 2. The van der Waals surface area contributed by atoms with E-state index in [4.69, 9.17) is 11.6 Å². The Kier molecular flexibility index (Phi) is 17.3. The van der Waals surface area contributed by atoms with Crippen LogP contribution in [0.2, 0.25) is 5.02 Å². The Morgan fingerprint density at radius 2 is 1.57 bits per heavy atom. The monoisotopic (exact) mass is 1100 g/mol. The molecule has 0 bridgehead atoms. The molecular formula is C55H64ClF3N8O5S3. The fraction of sp³-hybridized carbons (Fsp3) is 0.418. The van der Waals surface area contributed by atoms with E-state index in [0.717, 1.165) is 132 Å². The Morgan fingerprint density at radius 1 is 0.840 bits per heavy atom. The molecule has 4 aliphatic rings. The molecule has 1 aromatic heterocycles. The van der Waals surface area contributed by atoms with E-state index in [2.05, 4.69) is 54.3 Å². The molecule has 0 saturated carbocycles. The van der Waals surface area contributed by atoms with Gasteiger partial charge < -0.3 is 20.4 Å². The molecule has 400 valence electrons. The SMILES string of the molecule is C[C@@]1(CN2CCNCC2)CCC(c2ccc(Cl)cc2)=C(CN2CCN(c3ccc(C(=O)NS(=O)(=O)c4ccc(N[C@H](CCN5CCc6cccnc6C5)CSc5ccccc5)c(S(=O)(=O)C(F)(F)F)c4)cc3)CC2)C1. The van der Waals surface area contributed by atoms with Gasteiger partial charge in [-0.2, -0.15) is 13.2 Å². The number of pyridine rings is 1. The predicted octanol–water partition coefficient (Wildman–Crippen LogP) is 8.84. The van der Waals surface area contributed by atoms with E-state index in [1.807, 2.05) is 59.3 Å². The molecule has 4 heterocycles. The summed E-state index contributed by atoms with van der Waals surface area (Å²) >= 11 is 7.75. The van der Waals surface area contributed by atoms with Crippen LogP contribution in [0.1, 0.15) is 59.8 Å². The first kappa shape index (κ1) is 54.8. The molecule has 2 fully saturated rings. The number of amides is 1. The van der Waals surface area contributed by atoms with E-state index in [0.29, 0.717) is 36.4 Å². The topological polar surface area (TPSA) is 147 Å². The van der Waals surface area contributed by atoms with E-state index in [-0.39, 0.29) is 11.0 Å². The van der Waals surface area contributed by atoms with E-state index in [1.54, 1.807) is 18.3 Å². The van der Waals surface area contributed by atoms with Crippen LogP contribution in [0.3, 0.4) is 0 Å². The zero-order chi connectivity index (χ0) is 52.8. The quantitative estimate of drug-likeness (QED) is 0.0719. The third-order valence-electron chi connectivity index (χ3n) is 14.8. The molecule has 0 radical (unpaired) electrons. The van der Waals surface area contributed by atoms with Gasteiger partial charge >= 0.3 is 5.51 Å². The van der Waals surface area contributed by atoms with Crippen LogP contribution >= 0.6 is 23.4 Å². The first-order valence-electron chi connectivity index (χ1n) is 25.5. The highest BCUT2D eigenvalue weighted by Gasteiger charge is 2.48. The Balaban J connectivity index is 0.854. The maximum absolute atomic E-state index is 14.4. The number of piperazine rings is 2. The number of alkyl halides is 3. The van der Waals surface area contributed by atoms with Gasteiger partial charge in [-0.15, -0.1) is 11.8 Å². The second-order valence-electron chi connectivity index (χ2n) is 20.3. The number of benzene rings is 4. The van der Waals surface area contributed by atoms with Crippen LogP contribution in [-0.2, 0) is 32.8 Å². The molecule has 0 unspecified atom stereocenters. The number of thioether (sulfide) groups is 1. The van der Waals surface area contributed by atoms with E-state index in [9.17, 15) is 34.8 Å². The van der Waals surface area contributed by atoms with Gasteiger partial charge in [0, 0.05) is 124 Å². The molecular weight excluding hydrogens is 1040 g/mol. The van der Waals surface area contributed by atoms with Gasteiger partial charge in [-0.25, -0.2) is 21.6 Å². The average molecular weight is 1110 g/mol. The molecule has 0 spiro atoms. The molecule has 2 atom stereocenters. The van der Waals surface area contributed by atoms with Crippen molar-refractivity contribution >= 4 is 66.1 Å². The molecule has 1 aliphatic carbocycles. The first-order valence-corrected chi connectivity index (χ1v) is 29.8. The first-order chi connectivity index (χ1) is 35.9. The second-order valence-corrected chi connectivity index (χ2v) is 25.5. The van der Waals surface area contributed by atoms with Crippen LogP contribution in [0.25, 0.3) is 5.57 Å². The smallest absolute Gasteiger partial charge is 0.380 e. The van der Waals surface area contributed by atoms with Gasteiger partial charge in [-0.3, -0.25) is 19.6 Å². The van der Waals surface area contributed by atoms with Gasteiger partial charge in [-0.1, -0.05) is 60.5 Å². The number of nitrogens with zero attached hydrogens (tertiary/aromatic N) is 5. The Hall–Kier alpha value is -4.99. The van der Waals surface area contributed by atoms with Crippen molar-refractivity contribution in [2.75, 3.05) is 94.5 Å². The summed E-state index contributed by atoms with van der Waals surface area (Å²) in [7, 11) is -11.0. The molecule has 2 saturated heterocycles. The lowest BCUT2D eigenvalue weighted by Crippen LogP contribution is -2.49. The average Bonchev–Trinajstić information content (AvgIpc) is 3.40. The van der Waals surface area contributed by atoms with Crippen molar-refractivity contribution in [3.8, 4) is 0 Å². The molecule has 3 aliphatic heterocycles. The largest absolute Gasteiger partial charge is 0.501 e. The van der Waals surface area contributed by atoms with Crippen LogP contribution < -0.4 is 20.3 Å². The molecule has 3 N–H and O–H groups in total. The van der Waals surface area contributed by atoms with Gasteiger partial charge in [-0.05, 0) is 127 Å². The highest BCUT2D eigenvalue weighted by atomic mass is 35.5. The third kappa shape index (κ3) is 13.8. The highest BCUT2D eigenvalue weighted by Crippen LogP contribution is 2.44. The maximum atomic E-state index is 14.4. The fourth-order valence-electron chi connectivity index (χ4n) is 10.7. The van der Waals surface area contributed by atoms with Crippen LogP contribution in [-0.4, -0.2) is 138 Å². The zero-order valence-electron chi connectivity index (χ0n) is 42.0. The van der Waals surface area contributed by atoms with Gasteiger partial charge in [0.15, 0.2) is 0 Å². The molecule has 20 heteroatoms. The Morgan fingerprint density at radius 3 is 2.29 bits per heavy atom. The summed E-state index contributed by atoms with van der Waals surface area (Å²) in [4.78, 5) is 26.4. The number of aromatic nitrogens is 1. The van der Waals surface area contributed by atoms with Crippen LogP contribution in [0, 0.1) is 5.41 Å². The van der Waals surface area contributed by atoms with E-state index in [1.165, 1.54) is 40.6 Å². The lowest BCUT2D eigenvalue weighted by Gasteiger charge is -2.43. The number of sulfone groups is 1. The molecule has 1 amide bonds. The van der Waals surface area contributed by atoms with Crippen LogP contribution in [0.15, 0.2) is 136 Å². The minimum Gasteiger partial charge on any atom is -0.380 e. The number of allylic oxidation sites excluding steroid dienone is 1. The number of hydrogen-bond acceptors (Lipinski definition) is 13. The molecule has 4 aromatic carbocycles. The lowest BCUT2D eigenvalue weighted by atomic mass is 9.71. The molecule has 9 rings (SSSR count). The van der Waals surface area contributed by atoms with Crippen molar-refractivity contribution in [3.63, 3.8) is 0 Å². The van der Waals surface area contributed by atoms with E-state index >= 15 is 0 Å². The number of halogens is 4. The standard InChI is InChI=1S/C55H64ClF3N8O5S3/c1-54(39-66-28-24-60-25-29-66)22-19-49(40-9-13-44(56)14-10-40)43(35-54)36-65-30-32-67(33-31-65)46-15-11-42(12-16-46)53(68)63-75(71,72)48-17-18-50(52(34-48)74(69,70)55(57,58)59)62-45(38-73-47-7-3-2-4-8-47)21-27-64-26-20-41-6-5-23-61-51(41)37-64/h2-18,23,34,45,60,62H,19-22,24-33,35-39H2,1H3,(H,63,68)/t45-,54-/m1/s1. The van der Waals surface area contributed by atoms with Crippen molar-refractivity contribution in [1.29, 1.82) is 0 Å². The zero-order valence-corrected chi connectivity index (χ0v) is 45.2. The fourth-order valence-corrected chi connectivity index (χ4v) is 13.9. The summed E-state index contributed by atoms with van der Waals surface area (Å²) in [6.07, 6.45) is 6.09. The summed E-state index contributed by atoms with van der Waals surface area (Å²) in [5.74, 6) is -0.672. The molecule has 5 aromatic rings. The maximum Gasteiger partial charge on any atom is 0.501 e. The summed E-state index contributed by atoms with van der Waals surface area (Å²) in [6.45, 7) is 13.5. The van der Waals surface area contributed by atoms with E-state index < -0.39 is 52.8 Å². The minimum atomic E-state index is -6.09. The van der Waals surface area contributed by atoms with Crippen LogP contribution in [0.4, 0.5) is 24.5 Å². The number of fused-ring (bicyclic) bond motifs is 1. The van der Waals surface area contributed by atoms with Gasteiger partial charge in [0.1, 0.15) is 4.90 Å². The molecule has 13 nitrogen and oxygen atoms in total. The van der Waals surface area contributed by atoms with Crippen molar-refractivity contribution in [3.05, 3.63) is 148 Å². The number of sulfonamides is 1. The van der Waals surface area contributed by atoms with Gasteiger partial charge in [0.05, 0.1) is 16.3 Å². The molecule has 75 heavy (non-hydrogen) atoms. The lowest BCUT2D eigenvalue weighted by molar-refractivity contribution is -0.0435. The number of carbonyl (C=O) groups excluding carboxylic acids is 1. The summed E-state index contributed by atoms with van der Waals surface area (Å²) < 4.78 is 99.0. The number of carbonyl (C=O) groups is 1. The van der Waals surface area contributed by atoms with Gasteiger partial charge in [0.25, 0.3) is 25.8 Å². The van der Waals surface area contributed by atoms with Crippen molar-refractivity contribution in [2.45, 2.75) is 71.8 Å². The summed E-state index contributed by atoms with van der Waals surface area (Å²) in [6, 6.07) is 29.9. The number of rotatable bonds is 18. The predicted molar refractivity (Wildman–Crippen MR) is 291 cm³/mol. The van der Waals surface area contributed by atoms with Crippen molar-refractivity contribution in [1.82, 2.24) is 29.7 Å². The van der Waals surface area contributed by atoms with Crippen molar-refractivity contribution < 1.29 is 34.8 Å². The van der Waals surface area contributed by atoms with Gasteiger partial charge in [0.2, 0.25) is 0 Å². The Labute approximate surface area is 448 Å². The number of nitrogens with one attached hydrogen (secondary N) is 3. The summed E-state index contributed by atoms with van der Waals surface area (Å²) in [5.41, 5.74) is 1.07.